The molecule has 0 atom stereocenters. The molecule has 2 rings (SSSR count). The second kappa shape index (κ2) is 6.53. The highest BCUT2D eigenvalue weighted by Gasteiger charge is 2.17. The molecule has 5 nitrogen and oxygen atoms in total. The summed E-state index contributed by atoms with van der Waals surface area (Å²) in [5.41, 5.74) is -0.137. The molecule has 0 heterocycles. The van der Waals surface area contributed by atoms with Gasteiger partial charge in [0.05, 0.1) is 5.69 Å². The lowest BCUT2D eigenvalue weighted by molar-refractivity contribution is 0.0693. The molecule has 108 valence electrons. The average molecular weight is 400 g/mol. The van der Waals surface area contributed by atoms with Gasteiger partial charge in [0.25, 0.3) is 0 Å². The SMILES string of the molecule is O=C(Nc1ccc(I)cc1)Nc1cccc(F)c1C(=O)O. The van der Waals surface area contributed by atoms with Crippen LogP contribution < -0.4 is 10.6 Å². The van der Waals surface area contributed by atoms with E-state index in [4.69, 9.17) is 5.11 Å². The lowest BCUT2D eigenvalue weighted by Crippen LogP contribution is -2.21. The van der Waals surface area contributed by atoms with Gasteiger partial charge in [0, 0.05) is 9.26 Å². The molecule has 0 aliphatic carbocycles. The third kappa shape index (κ3) is 3.91. The molecule has 21 heavy (non-hydrogen) atoms. The average Bonchev–Trinajstić information content (AvgIpc) is 2.41. The van der Waals surface area contributed by atoms with Gasteiger partial charge < -0.3 is 15.7 Å². The van der Waals surface area contributed by atoms with E-state index in [0.717, 1.165) is 9.64 Å². The van der Waals surface area contributed by atoms with Crippen LogP contribution in [0.2, 0.25) is 0 Å². The molecular formula is C14H10FIN2O3. The Bertz CT molecular complexity index is 689. The summed E-state index contributed by atoms with van der Waals surface area (Å²) in [6, 6.07) is 10.0. The van der Waals surface area contributed by atoms with Crippen LogP contribution in [0.4, 0.5) is 20.6 Å². The number of carbonyl (C=O) groups is 2. The van der Waals surface area contributed by atoms with E-state index >= 15 is 0 Å². The maximum absolute atomic E-state index is 13.5. The number of carboxylic acid groups (broad SMARTS) is 1. The van der Waals surface area contributed by atoms with Crippen molar-refractivity contribution in [1.29, 1.82) is 0 Å². The van der Waals surface area contributed by atoms with Crippen LogP contribution in [0, 0.1) is 9.39 Å². The molecule has 0 aliphatic rings. The highest BCUT2D eigenvalue weighted by atomic mass is 127. The maximum Gasteiger partial charge on any atom is 0.340 e. The van der Waals surface area contributed by atoms with Crippen molar-refractivity contribution in [3.63, 3.8) is 0 Å². The van der Waals surface area contributed by atoms with E-state index in [0.29, 0.717) is 5.69 Å². The molecule has 0 saturated carbocycles. The number of aromatic carboxylic acids is 1. The van der Waals surface area contributed by atoms with Gasteiger partial charge in [-0.05, 0) is 59.0 Å². The molecule has 7 heteroatoms. The molecule has 0 aliphatic heterocycles. The van der Waals surface area contributed by atoms with E-state index in [9.17, 15) is 14.0 Å². The second-order valence-corrected chi connectivity index (χ2v) is 5.30. The summed E-state index contributed by atoms with van der Waals surface area (Å²) in [7, 11) is 0. The standard InChI is InChI=1S/C14H10FIN2O3/c15-10-2-1-3-11(12(10)13(19)20)18-14(21)17-9-6-4-8(16)5-7-9/h1-7H,(H,19,20)(H2,17,18,21). The van der Waals surface area contributed by atoms with E-state index in [1.165, 1.54) is 12.1 Å². The fraction of sp³-hybridized carbons (Fsp3) is 0. The maximum atomic E-state index is 13.5. The Kier molecular flexibility index (Phi) is 4.73. The van der Waals surface area contributed by atoms with Gasteiger partial charge in [-0.1, -0.05) is 6.07 Å². The fourth-order valence-corrected chi connectivity index (χ4v) is 2.02. The molecule has 0 radical (unpaired) electrons. The van der Waals surface area contributed by atoms with Crippen molar-refractivity contribution in [1.82, 2.24) is 0 Å². The number of carboxylic acids is 1. The topological polar surface area (TPSA) is 78.4 Å². The van der Waals surface area contributed by atoms with Gasteiger partial charge in [-0.25, -0.2) is 14.0 Å². The number of anilines is 2. The quantitative estimate of drug-likeness (QED) is 0.687. The third-order valence-corrected chi connectivity index (χ3v) is 3.30. The monoisotopic (exact) mass is 400 g/mol. The highest BCUT2D eigenvalue weighted by Crippen LogP contribution is 2.19. The normalized spacial score (nSPS) is 10.0. The minimum Gasteiger partial charge on any atom is -0.478 e. The summed E-state index contributed by atoms with van der Waals surface area (Å²) < 4.78 is 14.5. The van der Waals surface area contributed by atoms with Crippen LogP contribution in [-0.4, -0.2) is 17.1 Å². The van der Waals surface area contributed by atoms with Crippen LogP contribution in [0.25, 0.3) is 0 Å². The van der Waals surface area contributed by atoms with Crippen molar-refractivity contribution in [2.24, 2.45) is 0 Å². The van der Waals surface area contributed by atoms with Crippen LogP contribution >= 0.6 is 22.6 Å². The summed E-state index contributed by atoms with van der Waals surface area (Å²) in [5, 5.41) is 13.8. The van der Waals surface area contributed by atoms with Gasteiger partial charge in [0.2, 0.25) is 0 Å². The summed E-state index contributed by atoms with van der Waals surface area (Å²) in [6.07, 6.45) is 0. The predicted molar refractivity (Wildman–Crippen MR) is 85.2 cm³/mol. The first-order valence-corrected chi connectivity index (χ1v) is 6.90. The molecule has 0 bridgehead atoms. The first-order valence-electron chi connectivity index (χ1n) is 5.83. The van der Waals surface area contributed by atoms with E-state index < -0.39 is 23.4 Å². The Hall–Kier alpha value is -2.16. The summed E-state index contributed by atoms with van der Waals surface area (Å²) in [4.78, 5) is 22.8. The van der Waals surface area contributed by atoms with Gasteiger partial charge in [-0.15, -0.1) is 0 Å². The number of benzene rings is 2. The number of halogens is 2. The minimum atomic E-state index is -1.45. The van der Waals surface area contributed by atoms with Crippen molar-refractivity contribution in [3.8, 4) is 0 Å². The van der Waals surface area contributed by atoms with Crippen LogP contribution in [0.1, 0.15) is 10.4 Å². The van der Waals surface area contributed by atoms with Crippen LogP contribution in [0.5, 0.6) is 0 Å². The number of urea groups is 1. The van der Waals surface area contributed by atoms with Crippen LogP contribution in [0.3, 0.4) is 0 Å². The molecule has 0 spiro atoms. The first kappa shape index (κ1) is 15.2. The molecule has 2 aromatic rings. The van der Waals surface area contributed by atoms with Gasteiger partial charge in [0.1, 0.15) is 11.4 Å². The van der Waals surface area contributed by atoms with Crippen LogP contribution in [-0.2, 0) is 0 Å². The molecule has 2 amide bonds. The van der Waals surface area contributed by atoms with Gasteiger partial charge in [-0.2, -0.15) is 0 Å². The summed E-state index contributed by atoms with van der Waals surface area (Å²) in [5.74, 6) is -2.35. The number of carbonyl (C=O) groups excluding carboxylic acids is 1. The Labute approximate surface area is 133 Å². The van der Waals surface area contributed by atoms with Crippen molar-refractivity contribution >= 4 is 46.0 Å². The molecule has 0 aromatic heterocycles. The molecule has 0 saturated heterocycles. The zero-order valence-corrected chi connectivity index (χ0v) is 12.7. The van der Waals surface area contributed by atoms with Gasteiger partial charge in [-0.3, -0.25) is 0 Å². The lowest BCUT2D eigenvalue weighted by Gasteiger charge is -2.10. The van der Waals surface area contributed by atoms with E-state index in [-0.39, 0.29) is 5.69 Å². The summed E-state index contributed by atoms with van der Waals surface area (Å²) in [6.45, 7) is 0. The number of hydrogen-bond donors (Lipinski definition) is 3. The number of nitrogens with one attached hydrogen (secondary N) is 2. The zero-order chi connectivity index (χ0) is 15.4. The van der Waals surface area contributed by atoms with Gasteiger partial charge in [0.15, 0.2) is 0 Å². The molecule has 0 fully saturated rings. The Morgan fingerprint density at radius 2 is 1.71 bits per heavy atom. The first-order chi connectivity index (χ1) is 9.97. The smallest absolute Gasteiger partial charge is 0.340 e. The Morgan fingerprint density at radius 3 is 2.33 bits per heavy atom. The largest absolute Gasteiger partial charge is 0.478 e. The molecule has 2 aromatic carbocycles. The Balaban J connectivity index is 2.15. The lowest BCUT2D eigenvalue weighted by atomic mass is 10.1. The Morgan fingerprint density at radius 1 is 1.05 bits per heavy atom. The second-order valence-electron chi connectivity index (χ2n) is 4.05. The number of rotatable bonds is 3. The van der Waals surface area contributed by atoms with E-state index in [1.54, 1.807) is 24.3 Å². The third-order valence-electron chi connectivity index (χ3n) is 2.58. The van der Waals surface area contributed by atoms with Crippen molar-refractivity contribution < 1.29 is 19.1 Å². The minimum absolute atomic E-state index is 0.106. The highest BCUT2D eigenvalue weighted by molar-refractivity contribution is 14.1. The van der Waals surface area contributed by atoms with Crippen molar-refractivity contribution in [2.75, 3.05) is 10.6 Å². The van der Waals surface area contributed by atoms with Crippen LogP contribution in [0.15, 0.2) is 42.5 Å². The number of amides is 2. The number of hydrogen-bond acceptors (Lipinski definition) is 2. The zero-order valence-electron chi connectivity index (χ0n) is 10.6. The summed E-state index contributed by atoms with van der Waals surface area (Å²) >= 11 is 2.13. The van der Waals surface area contributed by atoms with Crippen molar-refractivity contribution in [2.45, 2.75) is 0 Å². The van der Waals surface area contributed by atoms with E-state index in [2.05, 4.69) is 33.2 Å². The molecule has 3 N–H and O–H groups in total. The predicted octanol–water partition coefficient (Wildman–Crippen LogP) is 3.77. The molecular weight excluding hydrogens is 390 g/mol. The molecule has 0 unspecified atom stereocenters. The fourth-order valence-electron chi connectivity index (χ4n) is 1.66. The van der Waals surface area contributed by atoms with Gasteiger partial charge >= 0.3 is 12.0 Å². The van der Waals surface area contributed by atoms with Crippen molar-refractivity contribution in [3.05, 3.63) is 57.4 Å². The van der Waals surface area contributed by atoms with E-state index in [1.807, 2.05) is 0 Å².